The molecule has 1 aliphatic heterocycles. The minimum Gasteiger partial charge on any atom is -0.444 e. The van der Waals surface area contributed by atoms with Gasteiger partial charge in [0.05, 0.1) is 5.41 Å². The van der Waals surface area contributed by atoms with E-state index in [-0.39, 0.29) is 5.91 Å². The van der Waals surface area contributed by atoms with Crippen LogP contribution in [0.15, 0.2) is 0 Å². The van der Waals surface area contributed by atoms with Crippen LogP contribution >= 0.6 is 23.2 Å². The van der Waals surface area contributed by atoms with E-state index in [0.29, 0.717) is 32.0 Å². The second-order valence-electron chi connectivity index (χ2n) is 7.83. The average Bonchev–Trinajstić information content (AvgIpc) is 2.94. The van der Waals surface area contributed by atoms with Gasteiger partial charge in [-0.05, 0) is 52.9 Å². The molecular weight excluding hydrogens is 339 g/mol. The first-order valence-electron chi connectivity index (χ1n) is 8.09. The molecule has 1 N–H and O–H groups in total. The molecule has 23 heavy (non-hydrogen) atoms. The van der Waals surface area contributed by atoms with Gasteiger partial charge < -0.3 is 15.0 Å². The van der Waals surface area contributed by atoms with Crippen molar-refractivity contribution in [2.45, 2.75) is 56.9 Å². The first-order chi connectivity index (χ1) is 10.4. The van der Waals surface area contributed by atoms with Crippen molar-refractivity contribution in [3.8, 4) is 0 Å². The number of rotatable bonds is 3. The summed E-state index contributed by atoms with van der Waals surface area (Å²) in [5, 5.41) is 2.80. The van der Waals surface area contributed by atoms with Crippen molar-refractivity contribution in [2.24, 2.45) is 11.3 Å². The number of alkyl carbamates (subject to hydrolysis) is 1. The van der Waals surface area contributed by atoms with Crippen molar-refractivity contribution in [3.05, 3.63) is 0 Å². The van der Waals surface area contributed by atoms with Crippen molar-refractivity contribution in [1.29, 1.82) is 0 Å². The molecule has 1 atom stereocenters. The van der Waals surface area contributed by atoms with Crippen molar-refractivity contribution in [1.82, 2.24) is 10.2 Å². The Balaban J connectivity index is 1.72. The standard InChI is InChI=1S/C16H26Cl2N2O3/c1-14(2,3)23-13(22)19-9-11-5-7-20(8-6-11)12(21)15(4)10-16(15,17)18/h11H,5-10H2,1-4H3,(H,19,22). The molecule has 0 bridgehead atoms. The van der Waals surface area contributed by atoms with Gasteiger partial charge in [0.25, 0.3) is 0 Å². The number of piperidine rings is 1. The molecule has 2 amide bonds. The number of likely N-dealkylation sites (tertiary alicyclic amines) is 1. The van der Waals surface area contributed by atoms with Crippen LogP contribution in [0.3, 0.4) is 0 Å². The predicted molar refractivity (Wildman–Crippen MR) is 90.7 cm³/mol. The summed E-state index contributed by atoms with van der Waals surface area (Å²) in [4.78, 5) is 26.0. The van der Waals surface area contributed by atoms with Crippen molar-refractivity contribution < 1.29 is 14.3 Å². The van der Waals surface area contributed by atoms with Crippen LogP contribution in [0.5, 0.6) is 0 Å². The summed E-state index contributed by atoms with van der Waals surface area (Å²) in [7, 11) is 0. The lowest BCUT2D eigenvalue weighted by atomic mass is 9.95. The Bertz CT molecular complexity index is 482. The van der Waals surface area contributed by atoms with Gasteiger partial charge in [-0.2, -0.15) is 0 Å². The topological polar surface area (TPSA) is 58.6 Å². The highest BCUT2D eigenvalue weighted by molar-refractivity contribution is 6.53. The highest BCUT2D eigenvalue weighted by Gasteiger charge is 2.68. The van der Waals surface area contributed by atoms with E-state index in [4.69, 9.17) is 27.9 Å². The zero-order valence-electron chi connectivity index (χ0n) is 14.2. The zero-order chi connectivity index (χ0) is 17.5. The molecule has 0 aromatic heterocycles. The molecule has 1 aliphatic carbocycles. The molecule has 2 aliphatic rings. The monoisotopic (exact) mass is 364 g/mol. The first kappa shape index (κ1) is 18.7. The molecule has 1 saturated heterocycles. The Morgan fingerprint density at radius 3 is 2.22 bits per heavy atom. The highest BCUT2D eigenvalue weighted by atomic mass is 35.5. The van der Waals surface area contributed by atoms with Gasteiger partial charge in [-0.25, -0.2) is 4.79 Å². The van der Waals surface area contributed by atoms with Crippen molar-refractivity contribution in [3.63, 3.8) is 0 Å². The number of carbonyl (C=O) groups excluding carboxylic acids is 2. The summed E-state index contributed by atoms with van der Waals surface area (Å²) < 4.78 is 4.30. The van der Waals surface area contributed by atoms with Gasteiger partial charge in [-0.15, -0.1) is 23.2 Å². The summed E-state index contributed by atoms with van der Waals surface area (Å²) in [6.45, 7) is 9.27. The zero-order valence-corrected chi connectivity index (χ0v) is 15.8. The smallest absolute Gasteiger partial charge is 0.407 e. The molecule has 1 saturated carbocycles. The molecular formula is C16H26Cl2N2O3. The summed E-state index contributed by atoms with van der Waals surface area (Å²) >= 11 is 12.2. The number of nitrogens with zero attached hydrogens (tertiary/aromatic N) is 1. The van der Waals surface area contributed by atoms with E-state index in [0.717, 1.165) is 12.8 Å². The van der Waals surface area contributed by atoms with Gasteiger partial charge >= 0.3 is 6.09 Å². The van der Waals surface area contributed by atoms with Crippen LogP contribution in [0.2, 0.25) is 0 Å². The molecule has 1 heterocycles. The maximum Gasteiger partial charge on any atom is 0.407 e. The van der Waals surface area contributed by atoms with E-state index in [1.54, 1.807) is 0 Å². The fourth-order valence-electron chi connectivity index (χ4n) is 2.86. The van der Waals surface area contributed by atoms with Crippen LogP contribution in [0.1, 0.15) is 47.0 Å². The van der Waals surface area contributed by atoms with E-state index >= 15 is 0 Å². The molecule has 2 rings (SSSR count). The number of carbonyl (C=O) groups is 2. The van der Waals surface area contributed by atoms with E-state index in [2.05, 4.69) is 5.32 Å². The largest absolute Gasteiger partial charge is 0.444 e. The van der Waals surface area contributed by atoms with Crippen LogP contribution in [0, 0.1) is 11.3 Å². The summed E-state index contributed by atoms with van der Waals surface area (Å²) in [6, 6.07) is 0. The Hall–Kier alpha value is -0.680. The lowest BCUT2D eigenvalue weighted by molar-refractivity contribution is -0.137. The van der Waals surface area contributed by atoms with Gasteiger partial charge in [0.15, 0.2) is 0 Å². The number of alkyl halides is 2. The van der Waals surface area contributed by atoms with Crippen LogP contribution < -0.4 is 5.32 Å². The third-order valence-corrected chi connectivity index (χ3v) is 5.67. The van der Waals surface area contributed by atoms with Gasteiger partial charge in [0.2, 0.25) is 5.91 Å². The summed E-state index contributed by atoms with van der Waals surface area (Å²) in [5.41, 5.74) is -1.13. The van der Waals surface area contributed by atoms with E-state index in [9.17, 15) is 9.59 Å². The van der Waals surface area contributed by atoms with Gasteiger partial charge in [-0.3, -0.25) is 4.79 Å². The Kier molecular flexibility index (Phi) is 5.13. The van der Waals surface area contributed by atoms with Crippen molar-refractivity contribution in [2.75, 3.05) is 19.6 Å². The lowest BCUT2D eigenvalue weighted by Gasteiger charge is -2.34. The number of nitrogens with one attached hydrogen (secondary N) is 1. The molecule has 132 valence electrons. The fraction of sp³-hybridized carbons (Fsp3) is 0.875. The third kappa shape index (κ3) is 4.44. The van der Waals surface area contributed by atoms with Gasteiger partial charge in [0, 0.05) is 19.6 Å². The molecule has 2 fully saturated rings. The van der Waals surface area contributed by atoms with Crippen LogP contribution in [-0.4, -0.2) is 46.5 Å². The maximum atomic E-state index is 12.5. The third-order valence-electron chi connectivity index (χ3n) is 4.57. The second kappa shape index (κ2) is 6.32. The Labute approximate surface area is 148 Å². The maximum absolute atomic E-state index is 12.5. The van der Waals surface area contributed by atoms with E-state index in [1.807, 2.05) is 32.6 Å². The van der Waals surface area contributed by atoms with Gasteiger partial charge in [-0.1, -0.05) is 0 Å². The Morgan fingerprint density at radius 1 is 1.26 bits per heavy atom. The number of hydrogen-bond donors (Lipinski definition) is 1. The van der Waals surface area contributed by atoms with E-state index < -0.39 is 21.4 Å². The average molecular weight is 365 g/mol. The molecule has 0 spiro atoms. The minimum atomic E-state index is -0.917. The fourth-order valence-corrected chi connectivity index (χ4v) is 3.56. The minimum absolute atomic E-state index is 0.0426. The SMILES string of the molecule is CC(C)(C)OC(=O)NCC1CCN(C(=O)C2(C)CC2(Cl)Cl)CC1. The van der Waals surface area contributed by atoms with Crippen molar-refractivity contribution >= 4 is 35.2 Å². The number of ether oxygens (including phenoxy) is 1. The van der Waals surface area contributed by atoms with E-state index in [1.165, 1.54) is 0 Å². The molecule has 7 heteroatoms. The number of hydrogen-bond acceptors (Lipinski definition) is 3. The lowest BCUT2D eigenvalue weighted by Crippen LogP contribution is -2.45. The molecule has 0 radical (unpaired) electrons. The summed E-state index contributed by atoms with van der Waals surface area (Å²) in [5.74, 6) is 0.399. The van der Waals surface area contributed by atoms with Crippen LogP contribution in [0.4, 0.5) is 4.79 Å². The van der Waals surface area contributed by atoms with Crippen LogP contribution in [-0.2, 0) is 9.53 Å². The molecule has 0 aromatic rings. The Morgan fingerprint density at radius 2 is 1.78 bits per heavy atom. The number of amides is 2. The predicted octanol–water partition coefficient (Wildman–Crippen LogP) is 3.33. The molecule has 0 aromatic carbocycles. The molecule has 1 unspecified atom stereocenters. The normalized spacial score (nSPS) is 27.5. The van der Waals surface area contributed by atoms with Gasteiger partial charge in [0.1, 0.15) is 9.93 Å². The van der Waals surface area contributed by atoms with Crippen LogP contribution in [0.25, 0.3) is 0 Å². The molecule has 5 nitrogen and oxygen atoms in total. The highest BCUT2D eigenvalue weighted by Crippen LogP contribution is 2.64. The number of halogens is 2. The quantitative estimate of drug-likeness (QED) is 0.781. The second-order valence-corrected chi connectivity index (χ2v) is 9.32. The summed E-state index contributed by atoms with van der Waals surface area (Å²) in [6.07, 6.45) is 1.84. The first-order valence-corrected chi connectivity index (χ1v) is 8.84.